The molecule has 0 saturated carbocycles. The molecule has 0 heterocycles. The van der Waals surface area contributed by atoms with E-state index in [0.29, 0.717) is 24.1 Å². The monoisotopic (exact) mass is 218 g/mol. The summed E-state index contributed by atoms with van der Waals surface area (Å²) in [6.07, 6.45) is 0.645. The van der Waals surface area contributed by atoms with Crippen molar-refractivity contribution in [2.24, 2.45) is 5.73 Å². The molecule has 0 saturated heterocycles. The standard InChI is InChI=1S/C12H14N2O2/c1-3-10-8(6-13)4-5-9(7-14)11(10)12(15)16-2/h4-5H,3,6,13H2,1-2H3. The molecule has 0 radical (unpaired) electrons. The molecule has 0 fully saturated rings. The topological polar surface area (TPSA) is 76.1 Å². The predicted octanol–water partition coefficient (Wildman–Crippen LogP) is 1.37. The number of benzene rings is 1. The van der Waals surface area contributed by atoms with Crippen LogP contribution in [0.2, 0.25) is 0 Å². The Labute approximate surface area is 94.6 Å². The van der Waals surface area contributed by atoms with Gasteiger partial charge in [0.25, 0.3) is 0 Å². The molecule has 1 aromatic rings. The number of esters is 1. The maximum atomic E-state index is 11.6. The maximum Gasteiger partial charge on any atom is 0.339 e. The SMILES string of the molecule is CCc1c(CN)ccc(C#N)c1C(=O)OC. The average molecular weight is 218 g/mol. The van der Waals surface area contributed by atoms with Gasteiger partial charge in [-0.3, -0.25) is 0 Å². The fourth-order valence-corrected chi connectivity index (χ4v) is 1.71. The summed E-state index contributed by atoms with van der Waals surface area (Å²) in [5.41, 5.74) is 7.95. The zero-order chi connectivity index (χ0) is 12.1. The van der Waals surface area contributed by atoms with Gasteiger partial charge in [0.2, 0.25) is 0 Å². The van der Waals surface area contributed by atoms with E-state index in [4.69, 9.17) is 11.0 Å². The van der Waals surface area contributed by atoms with Crippen LogP contribution in [0.15, 0.2) is 12.1 Å². The van der Waals surface area contributed by atoms with Gasteiger partial charge >= 0.3 is 5.97 Å². The Morgan fingerprint density at radius 2 is 2.25 bits per heavy atom. The Morgan fingerprint density at radius 1 is 1.56 bits per heavy atom. The van der Waals surface area contributed by atoms with Gasteiger partial charge in [0.1, 0.15) is 6.07 Å². The minimum atomic E-state index is -0.483. The van der Waals surface area contributed by atoms with Gasteiger partial charge in [0.05, 0.1) is 18.2 Å². The summed E-state index contributed by atoms with van der Waals surface area (Å²) in [6, 6.07) is 5.38. The van der Waals surface area contributed by atoms with Crippen LogP contribution in [0, 0.1) is 11.3 Å². The quantitative estimate of drug-likeness (QED) is 0.777. The summed E-state index contributed by atoms with van der Waals surface area (Å²) in [7, 11) is 1.30. The smallest absolute Gasteiger partial charge is 0.339 e. The molecule has 4 heteroatoms. The van der Waals surface area contributed by atoms with Gasteiger partial charge in [-0.1, -0.05) is 13.0 Å². The van der Waals surface area contributed by atoms with Crippen LogP contribution in [0.25, 0.3) is 0 Å². The van der Waals surface area contributed by atoms with Crippen LogP contribution in [0.5, 0.6) is 0 Å². The highest BCUT2D eigenvalue weighted by molar-refractivity contribution is 5.94. The molecule has 84 valence electrons. The second kappa shape index (κ2) is 5.29. The lowest BCUT2D eigenvalue weighted by Crippen LogP contribution is -2.12. The van der Waals surface area contributed by atoms with E-state index in [1.807, 2.05) is 13.0 Å². The van der Waals surface area contributed by atoms with Gasteiger partial charge in [-0.15, -0.1) is 0 Å². The second-order valence-corrected chi connectivity index (χ2v) is 3.29. The number of rotatable bonds is 3. The first kappa shape index (κ1) is 12.2. The van der Waals surface area contributed by atoms with E-state index >= 15 is 0 Å². The summed E-state index contributed by atoms with van der Waals surface area (Å²) in [4.78, 5) is 11.6. The van der Waals surface area contributed by atoms with E-state index in [9.17, 15) is 4.79 Å². The highest BCUT2D eigenvalue weighted by Crippen LogP contribution is 2.20. The fourth-order valence-electron chi connectivity index (χ4n) is 1.71. The molecule has 0 aliphatic carbocycles. The number of methoxy groups -OCH3 is 1. The van der Waals surface area contributed by atoms with Gasteiger partial charge in [-0.05, 0) is 23.6 Å². The van der Waals surface area contributed by atoms with Crippen LogP contribution < -0.4 is 5.73 Å². The Balaban J connectivity index is 3.50. The van der Waals surface area contributed by atoms with Gasteiger partial charge in [-0.25, -0.2) is 4.79 Å². The number of hydrogen-bond acceptors (Lipinski definition) is 4. The summed E-state index contributed by atoms with van der Waals surface area (Å²) < 4.78 is 4.69. The Bertz CT molecular complexity index is 447. The number of carbonyl (C=O) groups excluding carboxylic acids is 1. The number of nitrogens with two attached hydrogens (primary N) is 1. The number of nitriles is 1. The lowest BCUT2D eigenvalue weighted by atomic mass is 9.94. The third kappa shape index (κ3) is 2.05. The van der Waals surface area contributed by atoms with E-state index in [2.05, 4.69) is 4.74 Å². The predicted molar refractivity (Wildman–Crippen MR) is 59.8 cm³/mol. The van der Waals surface area contributed by atoms with Crippen LogP contribution in [0.3, 0.4) is 0 Å². The van der Waals surface area contributed by atoms with Crippen LogP contribution in [0.1, 0.15) is 34.0 Å². The Hall–Kier alpha value is -1.86. The maximum absolute atomic E-state index is 11.6. The number of carbonyl (C=O) groups is 1. The van der Waals surface area contributed by atoms with Crippen molar-refractivity contribution in [3.63, 3.8) is 0 Å². The summed E-state index contributed by atoms with van der Waals surface area (Å²) in [5.74, 6) is -0.483. The molecule has 0 amide bonds. The molecule has 0 unspecified atom stereocenters. The minimum Gasteiger partial charge on any atom is -0.465 e. The van der Waals surface area contributed by atoms with Crippen molar-refractivity contribution >= 4 is 5.97 Å². The molecule has 2 N–H and O–H groups in total. The van der Waals surface area contributed by atoms with Crippen LogP contribution in [-0.2, 0) is 17.7 Å². The zero-order valence-electron chi connectivity index (χ0n) is 9.41. The minimum absolute atomic E-state index is 0.334. The van der Waals surface area contributed by atoms with E-state index in [-0.39, 0.29) is 0 Å². The van der Waals surface area contributed by atoms with Crippen LogP contribution in [0.4, 0.5) is 0 Å². The summed E-state index contributed by atoms with van der Waals surface area (Å²) in [6.45, 7) is 2.26. The first-order valence-electron chi connectivity index (χ1n) is 5.02. The van der Waals surface area contributed by atoms with Crippen molar-refractivity contribution in [1.29, 1.82) is 5.26 Å². The molecule has 0 aliphatic heterocycles. The lowest BCUT2D eigenvalue weighted by molar-refractivity contribution is 0.0599. The fraction of sp³-hybridized carbons (Fsp3) is 0.333. The van der Waals surface area contributed by atoms with Gasteiger partial charge < -0.3 is 10.5 Å². The largest absolute Gasteiger partial charge is 0.465 e. The Morgan fingerprint density at radius 3 is 2.69 bits per heavy atom. The molecule has 0 atom stereocenters. The molecule has 16 heavy (non-hydrogen) atoms. The Kier molecular flexibility index (Phi) is 4.03. The molecule has 0 spiro atoms. The van der Waals surface area contributed by atoms with Crippen molar-refractivity contribution in [2.45, 2.75) is 19.9 Å². The first-order valence-corrected chi connectivity index (χ1v) is 5.02. The summed E-state index contributed by atoms with van der Waals surface area (Å²) >= 11 is 0. The van der Waals surface area contributed by atoms with E-state index < -0.39 is 5.97 Å². The molecular formula is C12H14N2O2. The molecule has 0 aliphatic rings. The van der Waals surface area contributed by atoms with Gasteiger partial charge in [0, 0.05) is 6.54 Å². The number of nitrogens with zero attached hydrogens (tertiary/aromatic N) is 1. The van der Waals surface area contributed by atoms with Crippen molar-refractivity contribution < 1.29 is 9.53 Å². The average Bonchev–Trinajstić information content (AvgIpc) is 2.35. The van der Waals surface area contributed by atoms with Gasteiger partial charge in [-0.2, -0.15) is 5.26 Å². The van der Waals surface area contributed by atoms with E-state index in [1.165, 1.54) is 7.11 Å². The normalized spacial score (nSPS) is 9.62. The molecule has 0 bridgehead atoms. The first-order chi connectivity index (χ1) is 7.69. The van der Waals surface area contributed by atoms with Crippen molar-refractivity contribution in [3.8, 4) is 6.07 Å². The molecular weight excluding hydrogens is 204 g/mol. The number of ether oxygens (including phenoxy) is 1. The molecule has 0 aromatic heterocycles. The third-order valence-electron chi connectivity index (χ3n) is 2.49. The lowest BCUT2D eigenvalue weighted by Gasteiger charge is -2.12. The van der Waals surface area contributed by atoms with E-state index in [0.717, 1.165) is 11.1 Å². The molecule has 4 nitrogen and oxygen atoms in total. The van der Waals surface area contributed by atoms with Crippen molar-refractivity contribution in [3.05, 3.63) is 34.4 Å². The van der Waals surface area contributed by atoms with Crippen molar-refractivity contribution in [2.75, 3.05) is 7.11 Å². The highest BCUT2D eigenvalue weighted by Gasteiger charge is 2.18. The zero-order valence-corrected chi connectivity index (χ0v) is 9.41. The van der Waals surface area contributed by atoms with Gasteiger partial charge in [0.15, 0.2) is 0 Å². The third-order valence-corrected chi connectivity index (χ3v) is 2.49. The molecule has 1 aromatic carbocycles. The number of hydrogen-bond donors (Lipinski definition) is 1. The van der Waals surface area contributed by atoms with E-state index in [1.54, 1.807) is 12.1 Å². The van der Waals surface area contributed by atoms with Crippen LogP contribution in [-0.4, -0.2) is 13.1 Å². The highest BCUT2D eigenvalue weighted by atomic mass is 16.5. The molecule has 1 rings (SSSR count). The van der Waals surface area contributed by atoms with Crippen LogP contribution >= 0.6 is 0 Å². The summed E-state index contributed by atoms with van der Waals surface area (Å²) in [5, 5.41) is 8.96. The van der Waals surface area contributed by atoms with Crippen molar-refractivity contribution in [1.82, 2.24) is 0 Å². The second-order valence-electron chi connectivity index (χ2n) is 3.29.